The van der Waals surface area contributed by atoms with Gasteiger partial charge in [0, 0.05) is 0 Å². The summed E-state index contributed by atoms with van der Waals surface area (Å²) in [6, 6.07) is 20.8. The normalized spacial score (nSPS) is 8.89. The van der Waals surface area contributed by atoms with E-state index in [0.29, 0.717) is 0 Å². The van der Waals surface area contributed by atoms with E-state index in [2.05, 4.69) is 48.5 Å². The standard InChI is InChI=1S/C12H10.C2H2O4/c1-3-7-11(8-4-1)12-9-5-2-6-10-12;3-1(4)2(5)6/h1-10H;(H,3,4)(H,5,6)/p-2. The lowest BCUT2D eigenvalue weighted by Gasteiger charge is -1.98. The van der Waals surface area contributed by atoms with Crippen molar-refractivity contribution in [3.63, 3.8) is 0 Å². The van der Waals surface area contributed by atoms with E-state index in [4.69, 9.17) is 19.8 Å². The summed E-state index contributed by atoms with van der Waals surface area (Å²) >= 11 is 0. The van der Waals surface area contributed by atoms with Crippen LogP contribution in [0.1, 0.15) is 0 Å². The average Bonchev–Trinajstić information content (AvgIpc) is 2.41. The fourth-order valence-electron chi connectivity index (χ4n) is 1.26. The highest BCUT2D eigenvalue weighted by Crippen LogP contribution is 2.17. The molecule has 0 aromatic heterocycles. The second kappa shape index (κ2) is 6.85. The molecule has 0 fully saturated rings. The first-order valence-electron chi connectivity index (χ1n) is 5.14. The largest absolute Gasteiger partial charge is 0.543 e. The molecule has 0 bridgehead atoms. The van der Waals surface area contributed by atoms with Crippen LogP contribution in [0.15, 0.2) is 60.7 Å². The first-order valence-corrected chi connectivity index (χ1v) is 5.14. The molecular formula is C14H10O4-2. The topological polar surface area (TPSA) is 80.3 Å². The lowest BCUT2D eigenvalue weighted by molar-refractivity contribution is -0.345. The van der Waals surface area contributed by atoms with Gasteiger partial charge in [-0.3, -0.25) is 0 Å². The Bertz CT molecular complexity index is 456. The third kappa shape index (κ3) is 4.49. The molecule has 0 aliphatic rings. The summed E-state index contributed by atoms with van der Waals surface area (Å²) < 4.78 is 0. The zero-order chi connectivity index (χ0) is 13.4. The number of aliphatic carboxylic acids is 2. The van der Waals surface area contributed by atoms with Gasteiger partial charge in [0.15, 0.2) is 0 Å². The van der Waals surface area contributed by atoms with Crippen molar-refractivity contribution in [2.75, 3.05) is 0 Å². The van der Waals surface area contributed by atoms with Gasteiger partial charge >= 0.3 is 0 Å². The molecule has 0 amide bonds. The van der Waals surface area contributed by atoms with Gasteiger partial charge in [-0.25, -0.2) is 0 Å². The molecule has 0 unspecified atom stereocenters. The van der Waals surface area contributed by atoms with Crippen LogP contribution in [-0.4, -0.2) is 11.9 Å². The van der Waals surface area contributed by atoms with E-state index in [1.165, 1.54) is 11.1 Å². The Balaban J connectivity index is 0.000000232. The molecule has 0 heterocycles. The van der Waals surface area contributed by atoms with Gasteiger partial charge in [-0.2, -0.15) is 0 Å². The molecule has 0 aliphatic heterocycles. The Morgan fingerprint density at radius 3 is 1.11 bits per heavy atom. The molecule has 18 heavy (non-hydrogen) atoms. The van der Waals surface area contributed by atoms with Crippen LogP contribution in [0.2, 0.25) is 0 Å². The van der Waals surface area contributed by atoms with Crippen LogP contribution >= 0.6 is 0 Å². The summed E-state index contributed by atoms with van der Waals surface area (Å²) in [5, 5.41) is 17.9. The molecule has 2 rings (SSSR count). The molecule has 0 saturated heterocycles. The minimum absolute atomic E-state index is 1.28. The van der Waals surface area contributed by atoms with Gasteiger partial charge in [0.1, 0.15) is 0 Å². The fourth-order valence-corrected chi connectivity index (χ4v) is 1.26. The molecule has 2 aromatic carbocycles. The summed E-state index contributed by atoms with van der Waals surface area (Å²) in [6.45, 7) is 0. The molecular weight excluding hydrogens is 232 g/mol. The molecule has 0 saturated carbocycles. The summed E-state index contributed by atoms with van der Waals surface area (Å²) in [7, 11) is 0. The van der Waals surface area contributed by atoms with Crippen LogP contribution in [-0.2, 0) is 9.59 Å². The lowest BCUT2D eigenvalue weighted by Crippen LogP contribution is -2.42. The molecule has 0 spiro atoms. The van der Waals surface area contributed by atoms with Crippen LogP contribution in [0.4, 0.5) is 0 Å². The smallest absolute Gasteiger partial charge is 0.0870 e. The summed E-state index contributed by atoms with van der Waals surface area (Å²) in [5.41, 5.74) is 2.55. The first-order chi connectivity index (χ1) is 8.61. The van der Waals surface area contributed by atoms with Crippen LogP contribution < -0.4 is 10.2 Å². The third-order valence-corrected chi connectivity index (χ3v) is 2.05. The second-order valence-corrected chi connectivity index (χ2v) is 3.31. The van der Waals surface area contributed by atoms with E-state index in [1.54, 1.807) is 0 Å². The highest BCUT2D eigenvalue weighted by Gasteiger charge is 1.91. The van der Waals surface area contributed by atoms with E-state index in [0.717, 1.165) is 0 Å². The van der Waals surface area contributed by atoms with E-state index < -0.39 is 11.9 Å². The third-order valence-electron chi connectivity index (χ3n) is 2.05. The highest BCUT2D eigenvalue weighted by atomic mass is 16.4. The van der Waals surface area contributed by atoms with Crippen molar-refractivity contribution in [2.24, 2.45) is 0 Å². The SMILES string of the molecule is O=C([O-])C(=O)[O-].c1ccc(-c2ccccc2)cc1. The summed E-state index contributed by atoms with van der Waals surface area (Å²) in [4.78, 5) is 17.9. The Kier molecular flexibility index (Phi) is 5.12. The predicted octanol–water partition coefficient (Wildman–Crippen LogP) is -0.160. The fraction of sp³-hybridized carbons (Fsp3) is 0. The maximum Gasteiger partial charge on any atom is 0.0870 e. The minimum atomic E-state index is -2.19. The van der Waals surface area contributed by atoms with Crippen molar-refractivity contribution in [2.45, 2.75) is 0 Å². The number of carbonyl (C=O) groups is 2. The summed E-state index contributed by atoms with van der Waals surface area (Å²) in [6.07, 6.45) is 0. The molecule has 2 aromatic rings. The van der Waals surface area contributed by atoms with E-state index in [9.17, 15) is 0 Å². The Morgan fingerprint density at radius 1 is 0.611 bits per heavy atom. The van der Waals surface area contributed by atoms with E-state index in [1.807, 2.05) is 12.1 Å². The van der Waals surface area contributed by atoms with Gasteiger partial charge in [0.25, 0.3) is 0 Å². The minimum Gasteiger partial charge on any atom is -0.543 e. The van der Waals surface area contributed by atoms with Crippen LogP contribution in [0, 0.1) is 0 Å². The Hall–Kier alpha value is -2.62. The van der Waals surface area contributed by atoms with Gasteiger partial charge < -0.3 is 19.8 Å². The number of hydrogen-bond donors (Lipinski definition) is 0. The zero-order valence-electron chi connectivity index (χ0n) is 9.41. The Labute approximate surface area is 104 Å². The average molecular weight is 242 g/mol. The number of carbonyl (C=O) groups excluding carboxylic acids is 2. The van der Waals surface area contributed by atoms with E-state index in [-0.39, 0.29) is 0 Å². The molecule has 4 nitrogen and oxygen atoms in total. The number of hydrogen-bond acceptors (Lipinski definition) is 4. The predicted molar refractivity (Wildman–Crippen MR) is 61.9 cm³/mol. The van der Waals surface area contributed by atoms with Gasteiger partial charge in [0.05, 0.1) is 11.9 Å². The number of carboxylic acid groups (broad SMARTS) is 2. The van der Waals surface area contributed by atoms with Gasteiger partial charge in [-0.05, 0) is 11.1 Å². The molecule has 92 valence electrons. The van der Waals surface area contributed by atoms with Crippen LogP contribution in [0.5, 0.6) is 0 Å². The number of rotatable bonds is 1. The number of carboxylic acids is 2. The van der Waals surface area contributed by atoms with Crippen molar-refractivity contribution in [1.29, 1.82) is 0 Å². The van der Waals surface area contributed by atoms with Gasteiger partial charge in [0.2, 0.25) is 0 Å². The number of benzene rings is 2. The maximum absolute atomic E-state index is 8.93. The zero-order valence-corrected chi connectivity index (χ0v) is 9.41. The van der Waals surface area contributed by atoms with Crippen LogP contribution in [0.3, 0.4) is 0 Å². The molecule has 0 aliphatic carbocycles. The summed E-state index contributed by atoms with van der Waals surface area (Å²) in [5.74, 6) is -4.37. The van der Waals surface area contributed by atoms with Crippen molar-refractivity contribution in [3.8, 4) is 11.1 Å². The maximum atomic E-state index is 8.93. The monoisotopic (exact) mass is 242 g/mol. The highest BCUT2D eigenvalue weighted by molar-refractivity contribution is 6.25. The molecule has 4 heteroatoms. The molecule has 0 atom stereocenters. The lowest BCUT2D eigenvalue weighted by atomic mass is 10.1. The Morgan fingerprint density at radius 2 is 0.889 bits per heavy atom. The van der Waals surface area contributed by atoms with Gasteiger partial charge in [-0.1, -0.05) is 60.7 Å². The van der Waals surface area contributed by atoms with Gasteiger partial charge in [-0.15, -0.1) is 0 Å². The second-order valence-electron chi connectivity index (χ2n) is 3.31. The van der Waals surface area contributed by atoms with Crippen molar-refractivity contribution in [1.82, 2.24) is 0 Å². The van der Waals surface area contributed by atoms with Crippen molar-refractivity contribution in [3.05, 3.63) is 60.7 Å². The van der Waals surface area contributed by atoms with E-state index >= 15 is 0 Å². The van der Waals surface area contributed by atoms with Crippen LogP contribution in [0.25, 0.3) is 11.1 Å². The molecule has 0 radical (unpaired) electrons. The quantitative estimate of drug-likeness (QED) is 0.651. The molecule has 0 N–H and O–H groups in total. The van der Waals surface area contributed by atoms with Crippen molar-refractivity contribution >= 4 is 11.9 Å². The van der Waals surface area contributed by atoms with Crippen molar-refractivity contribution < 1.29 is 19.8 Å². The first kappa shape index (κ1) is 13.4.